The summed E-state index contributed by atoms with van der Waals surface area (Å²) in [5.41, 5.74) is 0. The minimum Gasteiger partial charge on any atom is -0.462 e. The molecule has 442 valence electrons. The fourth-order valence-electron chi connectivity index (χ4n) is 9.79. The number of ether oxygens (including phenoxy) is 3. The molecule has 0 aliphatic carbocycles. The van der Waals surface area contributed by atoms with E-state index < -0.39 is 6.10 Å². The summed E-state index contributed by atoms with van der Waals surface area (Å²) >= 11 is 0. The van der Waals surface area contributed by atoms with Crippen LogP contribution in [0.3, 0.4) is 0 Å². The zero-order valence-electron chi connectivity index (χ0n) is 50.8. The Morgan fingerprint density at radius 2 is 0.539 bits per heavy atom. The van der Waals surface area contributed by atoms with Gasteiger partial charge in [0.2, 0.25) is 0 Å². The van der Waals surface area contributed by atoms with Gasteiger partial charge in [-0.25, -0.2) is 0 Å². The normalized spacial score (nSPS) is 12.4. The van der Waals surface area contributed by atoms with E-state index in [0.29, 0.717) is 19.3 Å². The van der Waals surface area contributed by atoms with E-state index in [0.717, 1.165) is 96.3 Å². The number of carbonyl (C=O) groups is 3. The van der Waals surface area contributed by atoms with Crippen LogP contribution in [0.4, 0.5) is 0 Å². The van der Waals surface area contributed by atoms with E-state index >= 15 is 0 Å². The quantitative estimate of drug-likeness (QED) is 0.0261. The van der Waals surface area contributed by atoms with Gasteiger partial charge in [-0.2, -0.15) is 0 Å². The number of rotatable bonds is 61. The van der Waals surface area contributed by atoms with Gasteiger partial charge in [-0.3, -0.25) is 14.4 Å². The Bertz CT molecular complexity index is 1360. The van der Waals surface area contributed by atoms with Crippen LogP contribution in [0.25, 0.3) is 0 Å². The Balaban J connectivity index is 4.05. The van der Waals surface area contributed by atoms with Crippen molar-refractivity contribution >= 4 is 17.9 Å². The Labute approximate surface area is 472 Å². The van der Waals surface area contributed by atoms with Crippen molar-refractivity contribution in [2.45, 2.75) is 354 Å². The van der Waals surface area contributed by atoms with Crippen LogP contribution in [0.5, 0.6) is 0 Å². The third-order valence-electron chi connectivity index (χ3n) is 14.7. The number of esters is 3. The molecule has 0 saturated heterocycles. The smallest absolute Gasteiger partial charge is 0.306 e. The molecule has 0 aromatic carbocycles. The molecule has 0 aromatic heterocycles. The maximum Gasteiger partial charge on any atom is 0.306 e. The van der Waals surface area contributed by atoms with Crippen LogP contribution in [-0.4, -0.2) is 37.2 Å². The Kier molecular flexibility index (Phi) is 62.2. The highest BCUT2D eigenvalue weighted by Gasteiger charge is 2.19. The second-order valence-corrected chi connectivity index (χ2v) is 22.4. The standard InChI is InChI=1S/C70H126O6/c1-4-7-10-13-16-19-22-24-26-27-28-29-30-31-32-33-34-35-36-37-38-39-40-41-42-43-45-46-48-51-54-57-60-63-69(72)75-66-67(65-74-68(71)62-59-56-53-50-21-18-15-12-9-6-3)76-70(73)64-61-58-55-52-49-47-44-25-23-20-17-14-11-8-5-2/h8,11-12,15,17,20,25,44,49,52,67H,4-7,9-10,13-14,16,18-19,21-24,26-43,45-48,50-51,53-66H2,1-3H3/b11-8-,15-12-,20-17-,44-25-,52-49-. The molecule has 0 saturated carbocycles. The molecule has 0 bridgehead atoms. The summed E-state index contributed by atoms with van der Waals surface area (Å²) in [6.07, 6.45) is 82.9. The fourth-order valence-corrected chi connectivity index (χ4v) is 9.79. The van der Waals surface area contributed by atoms with Crippen molar-refractivity contribution in [3.05, 3.63) is 60.8 Å². The van der Waals surface area contributed by atoms with Crippen molar-refractivity contribution < 1.29 is 28.6 Å². The van der Waals surface area contributed by atoms with Crippen molar-refractivity contribution in [3.8, 4) is 0 Å². The zero-order chi connectivity index (χ0) is 55.0. The van der Waals surface area contributed by atoms with Crippen LogP contribution >= 0.6 is 0 Å². The maximum atomic E-state index is 12.8. The first-order chi connectivity index (χ1) is 37.5. The number of allylic oxidation sites excluding steroid dienone is 10. The molecule has 1 unspecified atom stereocenters. The van der Waals surface area contributed by atoms with Crippen molar-refractivity contribution in [2.24, 2.45) is 0 Å². The predicted molar refractivity (Wildman–Crippen MR) is 330 cm³/mol. The summed E-state index contributed by atoms with van der Waals surface area (Å²) < 4.78 is 16.8. The lowest BCUT2D eigenvalue weighted by molar-refractivity contribution is -0.167. The Hall–Kier alpha value is -2.89. The monoisotopic (exact) mass is 1060 g/mol. The van der Waals surface area contributed by atoms with Gasteiger partial charge in [0.15, 0.2) is 6.10 Å². The molecule has 0 N–H and O–H groups in total. The van der Waals surface area contributed by atoms with Crippen LogP contribution in [0.1, 0.15) is 348 Å². The molecule has 76 heavy (non-hydrogen) atoms. The second-order valence-electron chi connectivity index (χ2n) is 22.4. The lowest BCUT2D eigenvalue weighted by atomic mass is 10.0. The minimum absolute atomic E-state index is 0.0911. The highest BCUT2D eigenvalue weighted by molar-refractivity contribution is 5.71. The third-order valence-corrected chi connectivity index (χ3v) is 14.7. The molecule has 0 spiro atoms. The molecular formula is C70H126O6. The average Bonchev–Trinajstić information content (AvgIpc) is 3.42. The number of unbranched alkanes of at least 4 members (excludes halogenated alkanes) is 40. The topological polar surface area (TPSA) is 78.9 Å². The number of hydrogen-bond donors (Lipinski definition) is 0. The van der Waals surface area contributed by atoms with Gasteiger partial charge in [0.1, 0.15) is 13.2 Å². The first kappa shape index (κ1) is 73.1. The van der Waals surface area contributed by atoms with E-state index in [9.17, 15) is 14.4 Å². The fraction of sp³-hybridized carbons (Fsp3) is 0.814. The molecule has 6 nitrogen and oxygen atoms in total. The summed E-state index contributed by atoms with van der Waals surface area (Å²) in [6, 6.07) is 0. The molecule has 0 rings (SSSR count). The lowest BCUT2D eigenvalue weighted by Gasteiger charge is -2.18. The van der Waals surface area contributed by atoms with Gasteiger partial charge in [0.25, 0.3) is 0 Å². The summed E-state index contributed by atoms with van der Waals surface area (Å²) in [5.74, 6) is -0.931. The Morgan fingerprint density at radius 3 is 0.895 bits per heavy atom. The first-order valence-corrected chi connectivity index (χ1v) is 33.3. The molecule has 0 radical (unpaired) electrons. The molecule has 0 aromatic rings. The van der Waals surface area contributed by atoms with E-state index in [1.807, 2.05) is 0 Å². The molecule has 1 atom stereocenters. The van der Waals surface area contributed by atoms with E-state index in [1.54, 1.807) is 0 Å². The van der Waals surface area contributed by atoms with E-state index in [-0.39, 0.29) is 37.5 Å². The van der Waals surface area contributed by atoms with Crippen LogP contribution in [0, 0.1) is 0 Å². The SMILES string of the molecule is CC/C=C\C/C=C\C/C=C\C/C=C\CCCCC(=O)OC(COC(=O)CCCCCCC/C=C\CCC)COC(=O)CCCCCCCCCCCCCCCCCCCCCCCCCCCCCCCCCCC. The summed E-state index contributed by atoms with van der Waals surface area (Å²) in [4.78, 5) is 38.1. The van der Waals surface area contributed by atoms with Crippen molar-refractivity contribution in [1.82, 2.24) is 0 Å². The van der Waals surface area contributed by atoms with Crippen LogP contribution in [0.15, 0.2) is 60.8 Å². The highest BCUT2D eigenvalue weighted by atomic mass is 16.6. The van der Waals surface area contributed by atoms with Gasteiger partial charge >= 0.3 is 17.9 Å². The van der Waals surface area contributed by atoms with E-state index in [1.165, 1.54) is 205 Å². The Morgan fingerprint density at radius 1 is 0.276 bits per heavy atom. The number of carbonyl (C=O) groups excluding carboxylic acids is 3. The van der Waals surface area contributed by atoms with Gasteiger partial charge in [0.05, 0.1) is 0 Å². The first-order valence-electron chi connectivity index (χ1n) is 33.3. The molecule has 0 amide bonds. The molecule has 0 fully saturated rings. The van der Waals surface area contributed by atoms with E-state index in [2.05, 4.69) is 81.5 Å². The van der Waals surface area contributed by atoms with Crippen LogP contribution < -0.4 is 0 Å². The van der Waals surface area contributed by atoms with Gasteiger partial charge in [-0.1, -0.05) is 313 Å². The molecule has 0 aliphatic rings. The summed E-state index contributed by atoms with van der Waals surface area (Å²) in [7, 11) is 0. The summed E-state index contributed by atoms with van der Waals surface area (Å²) in [5, 5.41) is 0. The van der Waals surface area contributed by atoms with Crippen molar-refractivity contribution in [3.63, 3.8) is 0 Å². The van der Waals surface area contributed by atoms with Crippen LogP contribution in [0.2, 0.25) is 0 Å². The van der Waals surface area contributed by atoms with Gasteiger partial charge in [-0.05, 0) is 77.0 Å². The maximum absolute atomic E-state index is 12.8. The third kappa shape index (κ3) is 62.0. The van der Waals surface area contributed by atoms with Crippen LogP contribution in [-0.2, 0) is 28.6 Å². The molecule has 0 aliphatic heterocycles. The lowest BCUT2D eigenvalue weighted by Crippen LogP contribution is -2.30. The molecule has 6 heteroatoms. The predicted octanol–water partition coefficient (Wildman–Crippen LogP) is 22.7. The highest BCUT2D eigenvalue weighted by Crippen LogP contribution is 2.18. The molecule has 0 heterocycles. The van der Waals surface area contributed by atoms with Crippen molar-refractivity contribution in [2.75, 3.05) is 13.2 Å². The van der Waals surface area contributed by atoms with E-state index in [4.69, 9.17) is 14.2 Å². The van der Waals surface area contributed by atoms with Crippen molar-refractivity contribution in [1.29, 1.82) is 0 Å². The minimum atomic E-state index is -0.798. The molecular weight excluding hydrogens is 937 g/mol. The number of hydrogen-bond acceptors (Lipinski definition) is 6. The second kappa shape index (κ2) is 64.6. The van der Waals surface area contributed by atoms with Gasteiger partial charge < -0.3 is 14.2 Å². The average molecular weight is 1060 g/mol. The largest absolute Gasteiger partial charge is 0.462 e. The van der Waals surface area contributed by atoms with Gasteiger partial charge in [-0.15, -0.1) is 0 Å². The summed E-state index contributed by atoms with van der Waals surface area (Å²) in [6.45, 7) is 6.46. The zero-order valence-corrected chi connectivity index (χ0v) is 50.8. The van der Waals surface area contributed by atoms with Gasteiger partial charge in [0, 0.05) is 19.3 Å².